The fourth-order valence-electron chi connectivity index (χ4n) is 4.20. The number of H-pyrrole nitrogens is 2. The zero-order chi connectivity index (χ0) is 40.7. The average molecular weight is 727 g/mol. The van der Waals surface area contributed by atoms with Crippen molar-refractivity contribution in [3.63, 3.8) is 0 Å². The highest BCUT2D eigenvalue weighted by Crippen LogP contribution is 2.31. The summed E-state index contributed by atoms with van der Waals surface area (Å²) in [6, 6.07) is 16.4. The van der Waals surface area contributed by atoms with Crippen LogP contribution >= 0.6 is 0 Å². The first-order valence-electron chi connectivity index (χ1n) is 18.5. The second kappa shape index (κ2) is 20.5. The van der Waals surface area contributed by atoms with Crippen molar-refractivity contribution in [3.8, 4) is 46.5 Å². The standard InChI is InChI=1S/C34H44N6O3.2C4H10.C2H2/c1-21(2)32(3,4)30(41)37-19-28-35-17-26(39-28)24-13-9-22(10-14-24)23-11-15-25(16-12-23)27-18-36-29(40-27)20-38-31(42)33(5,6)34(7,8)43;2*1-4(2)3;1-2/h9-18,21,43H,19-20H2,1-8H3,(H,35,39)(H,36,40)(H,37,41)(H,38,42);2*4H,1-3H3;1-2H. The van der Waals surface area contributed by atoms with E-state index >= 15 is 0 Å². The summed E-state index contributed by atoms with van der Waals surface area (Å²) in [5.74, 6) is 3.02. The maximum absolute atomic E-state index is 12.6. The van der Waals surface area contributed by atoms with Gasteiger partial charge >= 0.3 is 0 Å². The van der Waals surface area contributed by atoms with Gasteiger partial charge in [-0.1, -0.05) is 118 Å². The minimum Gasteiger partial charge on any atom is -0.389 e. The number of rotatable bonds is 11. The molecule has 0 spiro atoms. The van der Waals surface area contributed by atoms with E-state index in [2.05, 4.69) is 121 Å². The Hall–Kier alpha value is -4.68. The third kappa shape index (κ3) is 14.3. The maximum Gasteiger partial charge on any atom is 0.228 e. The van der Waals surface area contributed by atoms with Gasteiger partial charge in [-0.05, 0) is 67.7 Å². The largest absolute Gasteiger partial charge is 0.389 e. The van der Waals surface area contributed by atoms with Crippen LogP contribution in [0.4, 0.5) is 0 Å². The molecule has 290 valence electrons. The van der Waals surface area contributed by atoms with Crippen molar-refractivity contribution in [1.82, 2.24) is 30.6 Å². The Morgan fingerprint density at radius 1 is 0.623 bits per heavy atom. The van der Waals surface area contributed by atoms with Crippen molar-refractivity contribution in [2.24, 2.45) is 28.6 Å². The van der Waals surface area contributed by atoms with Gasteiger partial charge in [-0.2, -0.15) is 0 Å². The third-order valence-corrected chi connectivity index (χ3v) is 8.94. The van der Waals surface area contributed by atoms with Crippen molar-refractivity contribution >= 4 is 11.8 Å². The molecule has 0 aliphatic carbocycles. The Kier molecular flexibility index (Phi) is 18.0. The highest BCUT2D eigenvalue weighted by molar-refractivity contribution is 5.83. The van der Waals surface area contributed by atoms with Gasteiger partial charge in [-0.3, -0.25) is 9.59 Å². The van der Waals surface area contributed by atoms with E-state index in [0.717, 1.165) is 45.5 Å². The number of aliphatic hydroxyl groups is 1. The number of nitrogens with one attached hydrogen (secondary N) is 4. The Balaban J connectivity index is 0.00000126. The van der Waals surface area contributed by atoms with Crippen molar-refractivity contribution in [1.29, 1.82) is 0 Å². The number of carbonyl (C=O) groups excluding carboxylic acids is 2. The van der Waals surface area contributed by atoms with E-state index in [1.54, 1.807) is 40.1 Å². The number of carbonyl (C=O) groups is 2. The smallest absolute Gasteiger partial charge is 0.228 e. The van der Waals surface area contributed by atoms with E-state index in [0.29, 0.717) is 18.2 Å². The highest BCUT2D eigenvalue weighted by atomic mass is 16.3. The number of aromatic nitrogens is 4. The van der Waals surface area contributed by atoms with Crippen LogP contribution in [0.2, 0.25) is 0 Å². The zero-order valence-electron chi connectivity index (χ0n) is 34.7. The molecule has 0 radical (unpaired) electrons. The first-order chi connectivity index (χ1) is 24.6. The molecule has 5 N–H and O–H groups in total. The molecule has 2 amide bonds. The van der Waals surface area contributed by atoms with Crippen LogP contribution in [0.25, 0.3) is 33.6 Å². The predicted molar refractivity (Wildman–Crippen MR) is 220 cm³/mol. The van der Waals surface area contributed by atoms with Crippen LogP contribution in [0.5, 0.6) is 0 Å². The number of aromatic amines is 2. The van der Waals surface area contributed by atoms with Crippen LogP contribution in [-0.4, -0.2) is 42.5 Å². The fraction of sp³-hybridized carbons (Fsp3) is 0.500. The molecule has 0 bridgehead atoms. The number of hydrogen-bond donors (Lipinski definition) is 5. The fourth-order valence-corrected chi connectivity index (χ4v) is 4.20. The first kappa shape index (κ1) is 46.3. The molecule has 53 heavy (non-hydrogen) atoms. The summed E-state index contributed by atoms with van der Waals surface area (Å²) < 4.78 is 0. The summed E-state index contributed by atoms with van der Waals surface area (Å²) in [5, 5.41) is 16.2. The van der Waals surface area contributed by atoms with Gasteiger partial charge < -0.3 is 25.7 Å². The number of nitrogens with zero attached hydrogens (tertiary/aromatic N) is 2. The van der Waals surface area contributed by atoms with E-state index in [9.17, 15) is 14.7 Å². The molecule has 0 saturated heterocycles. The number of hydrogen-bond acceptors (Lipinski definition) is 5. The maximum atomic E-state index is 12.6. The molecule has 0 unspecified atom stereocenters. The predicted octanol–water partition coefficient (Wildman–Crippen LogP) is 9.42. The third-order valence-electron chi connectivity index (χ3n) is 8.94. The number of benzene rings is 2. The average Bonchev–Trinajstić information content (AvgIpc) is 3.76. The molecule has 0 aliphatic rings. The second-order valence-electron chi connectivity index (χ2n) is 16.5. The topological polar surface area (TPSA) is 136 Å². The first-order valence-corrected chi connectivity index (χ1v) is 18.5. The molecule has 0 saturated carbocycles. The van der Waals surface area contributed by atoms with Crippen LogP contribution in [0, 0.1) is 41.4 Å². The lowest BCUT2D eigenvalue weighted by atomic mass is 9.76. The lowest BCUT2D eigenvalue weighted by Crippen LogP contribution is -2.50. The van der Waals surface area contributed by atoms with Crippen molar-refractivity contribution in [2.75, 3.05) is 0 Å². The minimum atomic E-state index is -1.15. The highest BCUT2D eigenvalue weighted by Gasteiger charge is 2.41. The molecule has 9 nitrogen and oxygen atoms in total. The summed E-state index contributed by atoms with van der Waals surface area (Å²) in [4.78, 5) is 40.6. The van der Waals surface area contributed by atoms with E-state index in [1.165, 1.54) is 0 Å². The summed E-state index contributed by atoms with van der Waals surface area (Å²) in [7, 11) is 0. The van der Waals surface area contributed by atoms with E-state index in [1.807, 2.05) is 39.8 Å². The van der Waals surface area contributed by atoms with E-state index in [4.69, 9.17) is 0 Å². The molecule has 2 aromatic carbocycles. The normalized spacial score (nSPS) is 11.5. The van der Waals surface area contributed by atoms with Crippen LogP contribution in [0.15, 0.2) is 60.9 Å². The number of amides is 2. The zero-order valence-corrected chi connectivity index (χ0v) is 34.7. The van der Waals surface area contributed by atoms with Crippen molar-refractivity contribution in [3.05, 3.63) is 72.6 Å². The molecule has 2 aromatic heterocycles. The Bertz CT molecular complexity index is 1690. The van der Waals surface area contributed by atoms with E-state index in [-0.39, 0.29) is 24.3 Å². The summed E-state index contributed by atoms with van der Waals surface area (Å²) in [6.45, 7) is 28.3. The van der Waals surface area contributed by atoms with Gasteiger partial charge in [0.1, 0.15) is 11.6 Å². The van der Waals surface area contributed by atoms with E-state index < -0.39 is 16.4 Å². The van der Waals surface area contributed by atoms with Gasteiger partial charge in [0.15, 0.2) is 0 Å². The van der Waals surface area contributed by atoms with Crippen LogP contribution in [0.3, 0.4) is 0 Å². The monoisotopic (exact) mass is 727 g/mol. The molecule has 0 fully saturated rings. The van der Waals surface area contributed by atoms with Gasteiger partial charge in [0.05, 0.1) is 47.9 Å². The molecule has 9 heteroatoms. The molecule has 4 rings (SSSR count). The van der Waals surface area contributed by atoms with Crippen molar-refractivity contribution < 1.29 is 14.7 Å². The Labute approximate surface area is 319 Å². The lowest BCUT2D eigenvalue weighted by molar-refractivity contribution is -0.142. The van der Waals surface area contributed by atoms with Gasteiger partial charge in [0.2, 0.25) is 11.8 Å². The Morgan fingerprint density at radius 3 is 1.23 bits per heavy atom. The second-order valence-corrected chi connectivity index (χ2v) is 16.5. The number of terminal acetylenes is 1. The number of imidazole rings is 2. The van der Waals surface area contributed by atoms with Crippen LogP contribution in [0.1, 0.15) is 109 Å². The molecule has 0 atom stereocenters. The molecular weight excluding hydrogens is 661 g/mol. The van der Waals surface area contributed by atoms with Crippen molar-refractivity contribution in [2.45, 2.75) is 116 Å². The minimum absolute atomic E-state index is 0.0138. The van der Waals surface area contributed by atoms with Gasteiger partial charge in [-0.25, -0.2) is 9.97 Å². The van der Waals surface area contributed by atoms with Gasteiger partial charge in [0, 0.05) is 5.41 Å². The van der Waals surface area contributed by atoms with Gasteiger partial charge in [0.25, 0.3) is 0 Å². The molecule has 4 aromatic rings. The SMILES string of the molecule is C#C.CC(C)C.CC(C)C.CC(C)C(C)(C)C(=O)NCc1ncc(-c2ccc(-c3ccc(-c4cnc(CNC(=O)C(C)(C)C(C)(C)O)[nH]4)cc3)cc2)[nH]1. The lowest BCUT2D eigenvalue weighted by Gasteiger charge is -2.35. The van der Waals surface area contributed by atoms with Gasteiger partial charge in [-0.15, -0.1) is 12.8 Å². The summed E-state index contributed by atoms with van der Waals surface area (Å²) in [5.41, 5.74) is 3.36. The summed E-state index contributed by atoms with van der Waals surface area (Å²) >= 11 is 0. The molecular formula is C44H66N6O3. The summed E-state index contributed by atoms with van der Waals surface area (Å²) in [6.07, 6.45) is 11.5. The quantitative estimate of drug-likeness (QED) is 0.0982. The Morgan fingerprint density at radius 2 is 0.925 bits per heavy atom. The van der Waals surface area contributed by atoms with Crippen LogP contribution < -0.4 is 10.6 Å². The molecule has 0 aliphatic heterocycles. The molecule has 2 heterocycles. The van der Waals surface area contributed by atoms with Crippen LogP contribution in [-0.2, 0) is 22.7 Å².